The Morgan fingerprint density at radius 2 is 1.82 bits per heavy atom. The number of carbonyl (C=O) groups excluding carboxylic acids is 5. The highest BCUT2D eigenvalue weighted by Crippen LogP contribution is 2.46. The van der Waals surface area contributed by atoms with Crippen LogP contribution in [0.4, 0.5) is 4.39 Å². The van der Waals surface area contributed by atoms with E-state index in [0.717, 1.165) is 4.90 Å². The summed E-state index contributed by atoms with van der Waals surface area (Å²) in [6, 6.07) is 9.42. The molecule has 2 aromatic carbocycles. The monoisotopic (exact) mass is 465 g/mol. The molecule has 1 aliphatic carbocycles. The molecule has 1 saturated heterocycles. The SMILES string of the molecule is O=C1CCC(N2C(=O)c3ccc(OCC(=O)NC4(c5ccccc5F)CC4)cc3C2=O)C(=O)N1. The van der Waals surface area contributed by atoms with Crippen LogP contribution in [0.15, 0.2) is 42.5 Å². The largest absolute Gasteiger partial charge is 0.484 e. The maximum Gasteiger partial charge on any atom is 0.262 e. The number of rotatable bonds is 6. The zero-order valence-electron chi connectivity index (χ0n) is 17.9. The molecular weight excluding hydrogens is 445 g/mol. The Bertz CT molecular complexity index is 1260. The molecule has 1 atom stereocenters. The molecule has 2 heterocycles. The van der Waals surface area contributed by atoms with Gasteiger partial charge in [-0.15, -0.1) is 0 Å². The number of imide groups is 2. The minimum Gasteiger partial charge on any atom is -0.484 e. The van der Waals surface area contributed by atoms with Gasteiger partial charge in [-0.25, -0.2) is 4.39 Å². The van der Waals surface area contributed by atoms with Gasteiger partial charge < -0.3 is 10.1 Å². The fourth-order valence-electron chi connectivity index (χ4n) is 4.43. The highest BCUT2D eigenvalue weighted by molar-refractivity contribution is 6.23. The lowest BCUT2D eigenvalue weighted by Gasteiger charge is -2.27. The van der Waals surface area contributed by atoms with E-state index < -0.39 is 41.1 Å². The Labute approximate surface area is 193 Å². The Hall–Kier alpha value is -4.08. The molecule has 2 aromatic rings. The number of hydrogen-bond acceptors (Lipinski definition) is 6. The number of hydrogen-bond donors (Lipinski definition) is 2. The smallest absolute Gasteiger partial charge is 0.262 e. The summed E-state index contributed by atoms with van der Waals surface area (Å²) in [6.07, 6.45) is 1.32. The number of fused-ring (bicyclic) bond motifs is 1. The second kappa shape index (κ2) is 8.05. The summed E-state index contributed by atoms with van der Waals surface area (Å²) in [7, 11) is 0. The first-order chi connectivity index (χ1) is 16.3. The molecule has 174 valence electrons. The Morgan fingerprint density at radius 1 is 1.09 bits per heavy atom. The fourth-order valence-corrected chi connectivity index (χ4v) is 4.43. The van der Waals surface area contributed by atoms with Gasteiger partial charge in [0.05, 0.1) is 16.7 Å². The molecule has 2 aliphatic heterocycles. The quantitative estimate of drug-likeness (QED) is 0.623. The van der Waals surface area contributed by atoms with E-state index in [1.54, 1.807) is 18.2 Å². The third-order valence-corrected chi connectivity index (χ3v) is 6.30. The molecule has 5 amide bonds. The maximum absolute atomic E-state index is 14.1. The fraction of sp³-hybridized carbons (Fsp3) is 0.292. The van der Waals surface area contributed by atoms with Crippen LogP contribution in [0.1, 0.15) is 52.0 Å². The molecule has 10 heteroatoms. The third-order valence-electron chi connectivity index (χ3n) is 6.30. The van der Waals surface area contributed by atoms with Crippen LogP contribution in [-0.2, 0) is 19.9 Å². The molecule has 2 N–H and O–H groups in total. The molecular formula is C24H20FN3O6. The Morgan fingerprint density at radius 3 is 2.53 bits per heavy atom. The zero-order chi connectivity index (χ0) is 24.0. The maximum atomic E-state index is 14.1. The summed E-state index contributed by atoms with van der Waals surface area (Å²) in [6.45, 7) is -0.367. The van der Waals surface area contributed by atoms with Crippen molar-refractivity contribution in [2.24, 2.45) is 0 Å². The van der Waals surface area contributed by atoms with Gasteiger partial charge >= 0.3 is 0 Å². The van der Waals surface area contributed by atoms with Gasteiger partial charge in [-0.2, -0.15) is 0 Å². The van der Waals surface area contributed by atoms with E-state index in [2.05, 4.69) is 10.6 Å². The normalized spacial score (nSPS) is 20.6. The van der Waals surface area contributed by atoms with Gasteiger partial charge in [-0.05, 0) is 43.5 Å². The van der Waals surface area contributed by atoms with Gasteiger partial charge in [0.25, 0.3) is 17.7 Å². The second-order valence-electron chi connectivity index (χ2n) is 8.55. The van der Waals surface area contributed by atoms with Gasteiger partial charge in [0.2, 0.25) is 11.8 Å². The van der Waals surface area contributed by atoms with E-state index in [4.69, 9.17) is 4.74 Å². The Kier molecular flexibility index (Phi) is 5.15. The van der Waals surface area contributed by atoms with E-state index in [9.17, 15) is 28.4 Å². The topological polar surface area (TPSA) is 122 Å². The lowest BCUT2D eigenvalue weighted by Crippen LogP contribution is -2.54. The van der Waals surface area contributed by atoms with Gasteiger partial charge in [-0.3, -0.25) is 34.2 Å². The van der Waals surface area contributed by atoms with Crippen molar-refractivity contribution < 1.29 is 33.1 Å². The average molecular weight is 465 g/mol. The van der Waals surface area contributed by atoms with Crippen molar-refractivity contribution in [2.45, 2.75) is 37.3 Å². The van der Waals surface area contributed by atoms with Crippen LogP contribution in [0.2, 0.25) is 0 Å². The van der Waals surface area contributed by atoms with Crippen molar-refractivity contribution in [2.75, 3.05) is 6.61 Å². The van der Waals surface area contributed by atoms with Crippen LogP contribution in [0, 0.1) is 5.82 Å². The molecule has 3 aliphatic rings. The number of amides is 5. The van der Waals surface area contributed by atoms with Gasteiger partial charge in [-0.1, -0.05) is 18.2 Å². The van der Waals surface area contributed by atoms with Crippen molar-refractivity contribution in [1.29, 1.82) is 0 Å². The molecule has 0 aromatic heterocycles. The van der Waals surface area contributed by atoms with Crippen LogP contribution in [0.3, 0.4) is 0 Å². The third kappa shape index (κ3) is 3.70. The molecule has 5 rings (SSSR count). The van der Waals surface area contributed by atoms with Crippen molar-refractivity contribution in [3.8, 4) is 5.75 Å². The number of benzene rings is 2. The molecule has 0 radical (unpaired) electrons. The first kappa shape index (κ1) is 21.7. The van der Waals surface area contributed by atoms with Crippen molar-refractivity contribution in [1.82, 2.24) is 15.5 Å². The second-order valence-corrected chi connectivity index (χ2v) is 8.55. The van der Waals surface area contributed by atoms with Crippen LogP contribution in [0.25, 0.3) is 0 Å². The van der Waals surface area contributed by atoms with E-state index >= 15 is 0 Å². The molecule has 0 spiro atoms. The van der Waals surface area contributed by atoms with Crippen molar-refractivity contribution >= 4 is 29.5 Å². The number of carbonyl (C=O) groups is 5. The van der Waals surface area contributed by atoms with Gasteiger partial charge in [0.15, 0.2) is 6.61 Å². The predicted octanol–water partition coefficient (Wildman–Crippen LogP) is 1.41. The van der Waals surface area contributed by atoms with Crippen LogP contribution in [-0.4, -0.2) is 47.1 Å². The number of piperidine rings is 1. The van der Waals surface area contributed by atoms with E-state index in [1.807, 2.05) is 0 Å². The van der Waals surface area contributed by atoms with E-state index in [0.29, 0.717) is 18.4 Å². The predicted molar refractivity (Wildman–Crippen MR) is 114 cm³/mol. The first-order valence-corrected chi connectivity index (χ1v) is 10.8. The lowest BCUT2D eigenvalue weighted by molar-refractivity contribution is -0.136. The summed E-state index contributed by atoms with van der Waals surface area (Å²) < 4.78 is 19.7. The molecule has 1 unspecified atom stereocenters. The number of ether oxygens (including phenoxy) is 1. The highest BCUT2D eigenvalue weighted by atomic mass is 19.1. The first-order valence-electron chi connectivity index (χ1n) is 10.8. The summed E-state index contributed by atoms with van der Waals surface area (Å²) >= 11 is 0. The minimum absolute atomic E-state index is 0.0294. The summed E-state index contributed by atoms with van der Waals surface area (Å²) in [4.78, 5) is 62.5. The number of nitrogens with zero attached hydrogens (tertiary/aromatic N) is 1. The van der Waals surface area contributed by atoms with Crippen LogP contribution in [0.5, 0.6) is 5.75 Å². The molecule has 34 heavy (non-hydrogen) atoms. The van der Waals surface area contributed by atoms with Crippen molar-refractivity contribution in [3.05, 3.63) is 65.0 Å². The molecule has 0 bridgehead atoms. The summed E-state index contributed by atoms with van der Waals surface area (Å²) in [5, 5.41) is 4.96. The van der Waals surface area contributed by atoms with Crippen LogP contribution >= 0.6 is 0 Å². The lowest BCUT2D eigenvalue weighted by atomic mass is 10.0. The van der Waals surface area contributed by atoms with E-state index in [-0.39, 0.29) is 42.1 Å². The van der Waals surface area contributed by atoms with Crippen molar-refractivity contribution in [3.63, 3.8) is 0 Å². The highest BCUT2D eigenvalue weighted by Gasteiger charge is 2.47. The molecule has 9 nitrogen and oxygen atoms in total. The molecule has 1 saturated carbocycles. The standard InChI is InChI=1S/C24H20FN3O6/c25-17-4-2-1-3-16(17)24(9-10-24)27-20(30)12-34-13-5-6-14-15(11-13)23(33)28(22(14)32)18-7-8-19(29)26-21(18)31/h1-6,11,18H,7-10,12H2,(H,27,30)(H,26,29,31). The Balaban J connectivity index is 1.25. The van der Waals surface area contributed by atoms with Gasteiger partial charge in [0.1, 0.15) is 17.6 Å². The van der Waals surface area contributed by atoms with Gasteiger partial charge in [0, 0.05) is 12.0 Å². The average Bonchev–Trinajstić information content (AvgIpc) is 3.54. The molecule has 2 fully saturated rings. The summed E-state index contributed by atoms with van der Waals surface area (Å²) in [5.74, 6) is -3.08. The van der Waals surface area contributed by atoms with Crippen LogP contribution < -0.4 is 15.4 Å². The summed E-state index contributed by atoms with van der Waals surface area (Å²) in [5.41, 5.74) is -0.145. The minimum atomic E-state index is -1.06. The zero-order valence-corrected chi connectivity index (χ0v) is 17.9. The number of nitrogens with one attached hydrogen (secondary N) is 2. The van der Waals surface area contributed by atoms with E-state index in [1.165, 1.54) is 24.3 Å². The number of halogens is 1.